The highest BCUT2D eigenvalue weighted by Gasteiger charge is 2.05. The van der Waals surface area contributed by atoms with E-state index in [4.69, 9.17) is 4.74 Å². The quantitative estimate of drug-likeness (QED) is 0.779. The van der Waals surface area contributed by atoms with E-state index in [1.54, 1.807) is 36.4 Å². The molecule has 0 bridgehead atoms. The number of phenolic OH excluding ortho intramolecular Hbond substituents is 1. The minimum atomic E-state index is -2.41. The summed E-state index contributed by atoms with van der Waals surface area (Å²) < 4.78 is 29.4. The first kappa shape index (κ1) is 15.4. The topological polar surface area (TPSA) is 41.5 Å². The second-order valence-corrected chi connectivity index (χ2v) is 5.33. The van der Waals surface area contributed by atoms with Crippen LogP contribution in [0.1, 0.15) is 5.56 Å². The Morgan fingerprint density at radius 1 is 1.19 bits per heavy atom. The SMILES string of the molecule is COc1ccc(CNc2ccc(SC(F)F)cc2)cc1O. The predicted octanol–water partition coefficient (Wildman–Crippen LogP) is 4.33. The number of benzene rings is 2. The molecule has 0 aliphatic carbocycles. The molecule has 6 heteroatoms. The third-order valence-corrected chi connectivity index (χ3v) is 3.54. The van der Waals surface area contributed by atoms with Gasteiger partial charge in [-0.2, -0.15) is 8.78 Å². The molecule has 0 unspecified atom stereocenters. The zero-order chi connectivity index (χ0) is 15.2. The molecule has 2 aromatic carbocycles. The second kappa shape index (κ2) is 7.17. The van der Waals surface area contributed by atoms with Gasteiger partial charge < -0.3 is 15.2 Å². The summed E-state index contributed by atoms with van der Waals surface area (Å²) in [7, 11) is 1.49. The van der Waals surface area contributed by atoms with Crippen LogP contribution in [0, 0.1) is 0 Å². The zero-order valence-electron chi connectivity index (χ0n) is 11.3. The van der Waals surface area contributed by atoms with Gasteiger partial charge in [0.1, 0.15) is 0 Å². The van der Waals surface area contributed by atoms with E-state index < -0.39 is 5.76 Å². The van der Waals surface area contributed by atoms with Crippen LogP contribution >= 0.6 is 11.8 Å². The average molecular weight is 311 g/mol. The molecule has 0 atom stereocenters. The number of alkyl halides is 2. The fourth-order valence-electron chi connectivity index (χ4n) is 1.80. The molecule has 2 aromatic rings. The summed E-state index contributed by atoms with van der Waals surface area (Å²) in [5.74, 6) is -1.90. The van der Waals surface area contributed by atoms with E-state index in [2.05, 4.69) is 5.32 Å². The summed E-state index contributed by atoms with van der Waals surface area (Å²) in [6.45, 7) is 0.513. The van der Waals surface area contributed by atoms with Crippen molar-refractivity contribution >= 4 is 17.4 Å². The molecular weight excluding hydrogens is 296 g/mol. The maximum absolute atomic E-state index is 12.2. The molecule has 21 heavy (non-hydrogen) atoms. The number of anilines is 1. The molecule has 112 valence electrons. The highest BCUT2D eigenvalue weighted by molar-refractivity contribution is 7.99. The highest BCUT2D eigenvalue weighted by Crippen LogP contribution is 2.28. The smallest absolute Gasteiger partial charge is 0.288 e. The van der Waals surface area contributed by atoms with E-state index in [0.29, 0.717) is 29.0 Å². The molecular formula is C15H15F2NO2S. The van der Waals surface area contributed by atoms with Crippen molar-refractivity contribution in [1.82, 2.24) is 0 Å². The molecule has 2 N–H and O–H groups in total. The van der Waals surface area contributed by atoms with Crippen molar-refractivity contribution in [1.29, 1.82) is 0 Å². The van der Waals surface area contributed by atoms with Crippen LogP contribution in [0.4, 0.5) is 14.5 Å². The van der Waals surface area contributed by atoms with Gasteiger partial charge in [-0.25, -0.2) is 0 Å². The first-order valence-corrected chi connectivity index (χ1v) is 7.11. The van der Waals surface area contributed by atoms with Gasteiger partial charge in [0, 0.05) is 17.1 Å². The van der Waals surface area contributed by atoms with E-state index in [9.17, 15) is 13.9 Å². The normalized spacial score (nSPS) is 10.7. The number of methoxy groups -OCH3 is 1. The van der Waals surface area contributed by atoms with Crippen molar-refractivity contribution in [2.45, 2.75) is 17.2 Å². The van der Waals surface area contributed by atoms with Crippen molar-refractivity contribution in [2.24, 2.45) is 0 Å². The summed E-state index contributed by atoms with van der Waals surface area (Å²) in [6.07, 6.45) is 0. The van der Waals surface area contributed by atoms with Gasteiger partial charge in [0.25, 0.3) is 5.76 Å². The largest absolute Gasteiger partial charge is 0.504 e. The lowest BCUT2D eigenvalue weighted by atomic mass is 10.2. The standard InChI is InChI=1S/C15H15F2NO2S/c1-20-14-7-2-10(8-13(14)19)9-18-11-3-5-12(6-4-11)21-15(16)17/h2-8,15,18-19H,9H2,1H3. The first-order valence-electron chi connectivity index (χ1n) is 6.23. The molecule has 0 heterocycles. The molecule has 0 saturated carbocycles. The minimum absolute atomic E-state index is 0.0838. The van der Waals surface area contributed by atoms with Crippen molar-refractivity contribution in [3.8, 4) is 11.5 Å². The van der Waals surface area contributed by atoms with Gasteiger partial charge in [-0.15, -0.1) is 0 Å². The number of ether oxygens (including phenoxy) is 1. The Morgan fingerprint density at radius 2 is 1.90 bits per heavy atom. The molecule has 3 nitrogen and oxygen atoms in total. The van der Waals surface area contributed by atoms with Gasteiger partial charge in [-0.3, -0.25) is 0 Å². The summed E-state index contributed by atoms with van der Waals surface area (Å²) in [5.41, 5.74) is 1.71. The van der Waals surface area contributed by atoms with E-state index >= 15 is 0 Å². The van der Waals surface area contributed by atoms with E-state index in [1.165, 1.54) is 7.11 Å². The first-order chi connectivity index (χ1) is 10.1. The Balaban J connectivity index is 1.95. The fourth-order valence-corrected chi connectivity index (χ4v) is 2.30. The predicted molar refractivity (Wildman–Crippen MR) is 80.3 cm³/mol. The number of thioether (sulfide) groups is 1. The van der Waals surface area contributed by atoms with E-state index in [0.717, 1.165) is 11.3 Å². The maximum Gasteiger partial charge on any atom is 0.288 e. The lowest BCUT2D eigenvalue weighted by molar-refractivity contribution is 0.252. The molecule has 0 aliphatic rings. The summed E-state index contributed by atoms with van der Waals surface area (Å²) in [5, 5.41) is 12.8. The van der Waals surface area contributed by atoms with Crippen LogP contribution in [0.5, 0.6) is 11.5 Å². The van der Waals surface area contributed by atoms with Gasteiger partial charge in [0.05, 0.1) is 7.11 Å². The minimum Gasteiger partial charge on any atom is -0.504 e. The van der Waals surface area contributed by atoms with Crippen molar-refractivity contribution < 1.29 is 18.6 Å². The Bertz CT molecular complexity index is 591. The third kappa shape index (κ3) is 4.53. The molecule has 0 fully saturated rings. The molecule has 2 rings (SSSR count). The average Bonchev–Trinajstić information content (AvgIpc) is 2.46. The van der Waals surface area contributed by atoms with Gasteiger partial charge in [0.2, 0.25) is 0 Å². The zero-order valence-corrected chi connectivity index (χ0v) is 12.2. The number of hydrogen-bond acceptors (Lipinski definition) is 4. The molecule has 0 aromatic heterocycles. The number of aromatic hydroxyl groups is 1. The lowest BCUT2D eigenvalue weighted by Crippen LogP contribution is -1.99. The Hall–Kier alpha value is -1.95. The van der Waals surface area contributed by atoms with E-state index in [-0.39, 0.29) is 5.75 Å². The Kier molecular flexibility index (Phi) is 5.27. The van der Waals surface area contributed by atoms with Crippen LogP contribution in [0.3, 0.4) is 0 Å². The Morgan fingerprint density at radius 3 is 2.48 bits per heavy atom. The van der Waals surface area contributed by atoms with Crippen LogP contribution in [-0.2, 0) is 6.54 Å². The van der Waals surface area contributed by atoms with E-state index in [1.807, 2.05) is 6.07 Å². The monoisotopic (exact) mass is 311 g/mol. The Labute approximate surface area is 125 Å². The van der Waals surface area contributed by atoms with Crippen LogP contribution in [-0.4, -0.2) is 18.0 Å². The number of rotatable bonds is 6. The second-order valence-electron chi connectivity index (χ2n) is 4.26. The number of halogens is 2. The molecule has 0 aliphatic heterocycles. The molecule has 0 saturated heterocycles. The fraction of sp³-hybridized carbons (Fsp3) is 0.200. The summed E-state index contributed by atoms with van der Waals surface area (Å²) in [4.78, 5) is 0.526. The third-order valence-electron chi connectivity index (χ3n) is 2.82. The maximum atomic E-state index is 12.2. The molecule has 0 spiro atoms. The molecule has 0 amide bonds. The highest BCUT2D eigenvalue weighted by atomic mass is 32.2. The number of nitrogens with one attached hydrogen (secondary N) is 1. The van der Waals surface area contributed by atoms with Crippen LogP contribution in [0.2, 0.25) is 0 Å². The van der Waals surface area contributed by atoms with Gasteiger partial charge in [-0.1, -0.05) is 17.8 Å². The van der Waals surface area contributed by atoms with Crippen molar-refractivity contribution in [3.63, 3.8) is 0 Å². The van der Waals surface area contributed by atoms with Crippen LogP contribution < -0.4 is 10.1 Å². The van der Waals surface area contributed by atoms with Crippen molar-refractivity contribution in [3.05, 3.63) is 48.0 Å². The van der Waals surface area contributed by atoms with Gasteiger partial charge in [-0.05, 0) is 42.0 Å². The van der Waals surface area contributed by atoms with Crippen LogP contribution in [0.15, 0.2) is 47.4 Å². The molecule has 0 radical (unpaired) electrons. The van der Waals surface area contributed by atoms with Gasteiger partial charge >= 0.3 is 0 Å². The van der Waals surface area contributed by atoms with Crippen LogP contribution in [0.25, 0.3) is 0 Å². The summed E-state index contributed by atoms with van der Waals surface area (Å²) in [6, 6.07) is 11.9. The van der Waals surface area contributed by atoms with Crippen molar-refractivity contribution in [2.75, 3.05) is 12.4 Å². The lowest BCUT2D eigenvalue weighted by Gasteiger charge is -2.09. The van der Waals surface area contributed by atoms with Gasteiger partial charge in [0.15, 0.2) is 11.5 Å². The number of phenols is 1. The number of hydrogen-bond donors (Lipinski definition) is 2. The summed E-state index contributed by atoms with van der Waals surface area (Å²) >= 11 is 0.520.